The van der Waals surface area contributed by atoms with E-state index in [1.807, 2.05) is 6.92 Å². The lowest BCUT2D eigenvalue weighted by atomic mass is 9.95. The number of hydrogen-bond acceptors (Lipinski definition) is 3. The highest BCUT2D eigenvalue weighted by Gasteiger charge is 2.29. The van der Waals surface area contributed by atoms with Crippen molar-refractivity contribution in [1.29, 1.82) is 0 Å². The molecule has 6 nitrogen and oxygen atoms in total. The summed E-state index contributed by atoms with van der Waals surface area (Å²) in [5, 5.41) is 7.03. The van der Waals surface area contributed by atoms with Crippen LogP contribution in [0.25, 0.3) is 0 Å². The van der Waals surface area contributed by atoms with Gasteiger partial charge in [-0.3, -0.25) is 14.3 Å². The average molecular weight is 362 g/mol. The van der Waals surface area contributed by atoms with Gasteiger partial charge in [0.05, 0.1) is 11.3 Å². The van der Waals surface area contributed by atoms with Crippen LogP contribution in [0.1, 0.15) is 28.9 Å². The first kappa shape index (κ1) is 18.0. The molecule has 2 aromatic rings. The van der Waals surface area contributed by atoms with Crippen LogP contribution < -0.4 is 5.32 Å². The molecule has 1 fully saturated rings. The van der Waals surface area contributed by atoms with Crippen molar-refractivity contribution in [3.8, 4) is 0 Å². The Hall–Kier alpha value is -2.77. The van der Waals surface area contributed by atoms with Crippen LogP contribution in [0.4, 0.5) is 14.6 Å². The van der Waals surface area contributed by atoms with Gasteiger partial charge in [-0.2, -0.15) is 5.10 Å². The molecule has 2 heterocycles. The number of aryl methyl sites for hydroxylation is 2. The molecule has 2 amide bonds. The minimum absolute atomic E-state index is 0.118. The van der Waals surface area contributed by atoms with Crippen LogP contribution in [0.5, 0.6) is 0 Å². The third-order valence-electron chi connectivity index (χ3n) is 4.57. The first-order chi connectivity index (χ1) is 12.3. The van der Waals surface area contributed by atoms with Crippen molar-refractivity contribution in [3.05, 3.63) is 47.2 Å². The Morgan fingerprint density at radius 2 is 1.88 bits per heavy atom. The average Bonchev–Trinajstić information content (AvgIpc) is 2.91. The van der Waals surface area contributed by atoms with Crippen LogP contribution in [0.3, 0.4) is 0 Å². The van der Waals surface area contributed by atoms with Crippen molar-refractivity contribution in [2.45, 2.75) is 19.8 Å². The minimum Gasteiger partial charge on any atom is -0.339 e. The van der Waals surface area contributed by atoms with Crippen molar-refractivity contribution in [3.63, 3.8) is 0 Å². The number of carbonyl (C=O) groups excluding carboxylic acids is 2. The fourth-order valence-electron chi connectivity index (χ4n) is 3.13. The molecule has 8 heteroatoms. The minimum atomic E-state index is -0.874. The van der Waals surface area contributed by atoms with E-state index < -0.39 is 17.5 Å². The van der Waals surface area contributed by atoms with Gasteiger partial charge in [-0.05, 0) is 31.9 Å². The van der Waals surface area contributed by atoms with E-state index in [0.29, 0.717) is 37.8 Å². The second-order valence-electron chi connectivity index (χ2n) is 6.47. The number of carbonyl (C=O) groups is 2. The van der Waals surface area contributed by atoms with E-state index in [1.54, 1.807) is 17.8 Å². The molecule has 1 aromatic heterocycles. The van der Waals surface area contributed by atoms with E-state index in [-0.39, 0.29) is 17.4 Å². The summed E-state index contributed by atoms with van der Waals surface area (Å²) in [6, 6.07) is 4.69. The maximum Gasteiger partial charge on any atom is 0.256 e. The zero-order valence-electron chi connectivity index (χ0n) is 14.6. The lowest BCUT2D eigenvalue weighted by molar-refractivity contribution is -0.121. The molecule has 0 unspecified atom stereocenters. The normalized spacial score (nSPS) is 15.2. The number of piperidine rings is 1. The molecule has 0 bridgehead atoms. The number of anilines is 1. The van der Waals surface area contributed by atoms with Gasteiger partial charge in [0.15, 0.2) is 0 Å². The Balaban J connectivity index is 1.59. The standard InChI is InChI=1S/C18H20F2N4O2/c1-11-9-16(23(2)22-11)21-17(25)12-5-7-24(8-6-12)18(26)14-4-3-13(19)10-15(14)20/h3-4,9-10,12H,5-8H2,1-2H3,(H,21,25). The number of aromatic nitrogens is 2. The topological polar surface area (TPSA) is 67.2 Å². The number of likely N-dealkylation sites (tertiary alicyclic amines) is 1. The molecule has 0 radical (unpaired) electrons. The van der Waals surface area contributed by atoms with Gasteiger partial charge in [0.1, 0.15) is 17.5 Å². The van der Waals surface area contributed by atoms with Crippen LogP contribution in [0.2, 0.25) is 0 Å². The molecule has 138 valence electrons. The molecule has 0 aliphatic carbocycles. The highest BCUT2D eigenvalue weighted by atomic mass is 19.1. The van der Waals surface area contributed by atoms with Gasteiger partial charge in [0.25, 0.3) is 5.91 Å². The van der Waals surface area contributed by atoms with Gasteiger partial charge in [-0.25, -0.2) is 8.78 Å². The van der Waals surface area contributed by atoms with Gasteiger partial charge in [-0.15, -0.1) is 0 Å². The summed E-state index contributed by atoms with van der Waals surface area (Å²) in [6.45, 7) is 2.53. The van der Waals surface area contributed by atoms with E-state index in [1.165, 1.54) is 4.90 Å². The van der Waals surface area contributed by atoms with Gasteiger partial charge >= 0.3 is 0 Å². The highest BCUT2D eigenvalue weighted by molar-refractivity contribution is 5.95. The van der Waals surface area contributed by atoms with E-state index in [2.05, 4.69) is 10.4 Å². The van der Waals surface area contributed by atoms with Crippen molar-refractivity contribution >= 4 is 17.6 Å². The van der Waals surface area contributed by atoms with Gasteiger partial charge in [0, 0.05) is 38.2 Å². The molecule has 3 rings (SSSR count). The molecule has 1 aliphatic rings. The molecule has 1 saturated heterocycles. The van der Waals surface area contributed by atoms with Crippen LogP contribution in [-0.4, -0.2) is 39.6 Å². The Kier molecular flexibility index (Phi) is 5.01. The number of rotatable bonds is 3. The Morgan fingerprint density at radius 3 is 2.46 bits per heavy atom. The van der Waals surface area contributed by atoms with Gasteiger partial charge in [0.2, 0.25) is 5.91 Å². The van der Waals surface area contributed by atoms with Crippen molar-refractivity contribution in [1.82, 2.24) is 14.7 Å². The molecule has 0 saturated carbocycles. The fourth-order valence-corrected chi connectivity index (χ4v) is 3.13. The number of benzene rings is 1. The zero-order valence-corrected chi connectivity index (χ0v) is 14.6. The van der Waals surface area contributed by atoms with E-state index in [0.717, 1.165) is 17.8 Å². The molecule has 1 N–H and O–H groups in total. The zero-order chi connectivity index (χ0) is 18.8. The predicted octanol–water partition coefficient (Wildman–Crippen LogP) is 2.50. The van der Waals surface area contributed by atoms with E-state index in [4.69, 9.17) is 0 Å². The Bertz CT molecular complexity index is 842. The number of halogens is 2. The van der Waals surface area contributed by atoms with Crippen LogP contribution >= 0.6 is 0 Å². The van der Waals surface area contributed by atoms with Crippen LogP contribution in [0.15, 0.2) is 24.3 Å². The summed E-state index contributed by atoms with van der Waals surface area (Å²) >= 11 is 0. The second-order valence-corrected chi connectivity index (χ2v) is 6.47. The lowest BCUT2D eigenvalue weighted by Crippen LogP contribution is -2.41. The smallest absolute Gasteiger partial charge is 0.256 e. The number of hydrogen-bond donors (Lipinski definition) is 1. The molecule has 0 spiro atoms. The molecule has 1 aromatic carbocycles. The Morgan fingerprint density at radius 1 is 1.19 bits per heavy atom. The summed E-state index contributed by atoms with van der Waals surface area (Å²) in [6.07, 6.45) is 0.967. The molecular weight excluding hydrogens is 342 g/mol. The maximum absolute atomic E-state index is 13.8. The fraction of sp³-hybridized carbons (Fsp3) is 0.389. The first-order valence-corrected chi connectivity index (χ1v) is 8.41. The molecule has 1 aliphatic heterocycles. The quantitative estimate of drug-likeness (QED) is 0.912. The third-order valence-corrected chi connectivity index (χ3v) is 4.57. The van der Waals surface area contributed by atoms with Gasteiger partial charge in [-0.1, -0.05) is 0 Å². The Labute approximate surface area is 149 Å². The predicted molar refractivity (Wildman–Crippen MR) is 91.6 cm³/mol. The van der Waals surface area contributed by atoms with Crippen molar-refractivity contribution in [2.24, 2.45) is 13.0 Å². The van der Waals surface area contributed by atoms with Crippen LogP contribution in [0, 0.1) is 24.5 Å². The van der Waals surface area contributed by atoms with Crippen molar-refractivity contribution < 1.29 is 18.4 Å². The van der Waals surface area contributed by atoms with Gasteiger partial charge < -0.3 is 10.2 Å². The third kappa shape index (κ3) is 3.74. The monoisotopic (exact) mass is 362 g/mol. The first-order valence-electron chi connectivity index (χ1n) is 8.41. The number of nitrogens with zero attached hydrogens (tertiary/aromatic N) is 3. The maximum atomic E-state index is 13.8. The SMILES string of the molecule is Cc1cc(NC(=O)C2CCN(C(=O)c3ccc(F)cc3F)CC2)n(C)n1. The number of nitrogens with one attached hydrogen (secondary N) is 1. The lowest BCUT2D eigenvalue weighted by Gasteiger charge is -2.31. The van der Waals surface area contributed by atoms with Crippen LogP contribution in [-0.2, 0) is 11.8 Å². The van der Waals surface area contributed by atoms with E-state index >= 15 is 0 Å². The van der Waals surface area contributed by atoms with Crippen molar-refractivity contribution in [2.75, 3.05) is 18.4 Å². The summed E-state index contributed by atoms with van der Waals surface area (Å²) in [5.41, 5.74) is 0.657. The molecular formula is C18H20F2N4O2. The molecule has 0 atom stereocenters. The summed E-state index contributed by atoms with van der Waals surface area (Å²) < 4.78 is 28.4. The second kappa shape index (κ2) is 7.23. The number of amides is 2. The highest BCUT2D eigenvalue weighted by Crippen LogP contribution is 2.22. The summed E-state index contributed by atoms with van der Waals surface area (Å²) in [5.74, 6) is -1.80. The summed E-state index contributed by atoms with van der Waals surface area (Å²) in [7, 11) is 1.75. The van der Waals surface area contributed by atoms with E-state index in [9.17, 15) is 18.4 Å². The molecule has 26 heavy (non-hydrogen) atoms. The largest absolute Gasteiger partial charge is 0.339 e. The summed E-state index contributed by atoms with van der Waals surface area (Å²) in [4.78, 5) is 26.3.